The van der Waals surface area contributed by atoms with Gasteiger partial charge in [-0.15, -0.1) is 0 Å². The van der Waals surface area contributed by atoms with E-state index in [4.69, 9.17) is 5.11 Å². The van der Waals surface area contributed by atoms with E-state index < -0.39 is 0 Å². The number of hydrogen-bond donors (Lipinski definition) is 1. The second kappa shape index (κ2) is 5.64. The zero-order chi connectivity index (χ0) is 9.68. The molecule has 1 aliphatic rings. The first-order valence-corrected chi connectivity index (χ1v) is 5.88. The van der Waals surface area contributed by atoms with Crippen molar-refractivity contribution in [2.75, 3.05) is 6.61 Å². The second-order valence-corrected chi connectivity index (χ2v) is 4.73. The van der Waals surface area contributed by atoms with Crippen LogP contribution >= 0.6 is 0 Å². The van der Waals surface area contributed by atoms with Gasteiger partial charge in [0.2, 0.25) is 0 Å². The molecule has 1 saturated carbocycles. The van der Waals surface area contributed by atoms with Gasteiger partial charge in [0, 0.05) is 6.61 Å². The fourth-order valence-corrected chi connectivity index (χ4v) is 2.60. The fourth-order valence-electron chi connectivity index (χ4n) is 2.60. The summed E-state index contributed by atoms with van der Waals surface area (Å²) in [6.45, 7) is 4.84. The van der Waals surface area contributed by atoms with E-state index in [1.54, 1.807) is 0 Å². The molecule has 1 heteroatoms. The van der Waals surface area contributed by atoms with Crippen LogP contribution in [0.1, 0.15) is 52.4 Å². The predicted octanol–water partition coefficient (Wildman–Crippen LogP) is 3.22. The normalized spacial score (nSPS) is 31.6. The topological polar surface area (TPSA) is 20.2 Å². The van der Waals surface area contributed by atoms with Crippen LogP contribution in [0, 0.1) is 17.8 Å². The Bertz CT molecular complexity index is 125. The summed E-state index contributed by atoms with van der Waals surface area (Å²) in [6, 6.07) is 0. The van der Waals surface area contributed by atoms with Crippen molar-refractivity contribution < 1.29 is 5.11 Å². The van der Waals surface area contributed by atoms with Gasteiger partial charge < -0.3 is 5.11 Å². The minimum Gasteiger partial charge on any atom is -0.396 e. The summed E-state index contributed by atoms with van der Waals surface area (Å²) in [5.41, 5.74) is 0. The molecule has 1 N–H and O–H groups in total. The van der Waals surface area contributed by atoms with Crippen LogP contribution in [0.2, 0.25) is 0 Å². The highest BCUT2D eigenvalue weighted by atomic mass is 16.3. The molecule has 1 rings (SSSR count). The molecule has 0 radical (unpaired) electrons. The minimum atomic E-state index is 0.378. The van der Waals surface area contributed by atoms with E-state index >= 15 is 0 Å². The molecule has 0 aromatic heterocycles. The lowest BCUT2D eigenvalue weighted by Crippen LogP contribution is -2.22. The van der Waals surface area contributed by atoms with Crippen LogP contribution in [0.4, 0.5) is 0 Å². The summed E-state index contributed by atoms with van der Waals surface area (Å²) in [5, 5.41) is 9.06. The maximum atomic E-state index is 9.06. The first kappa shape index (κ1) is 11.0. The Balaban J connectivity index is 2.22. The average Bonchev–Trinajstić information content (AvgIpc) is 2.18. The highest BCUT2D eigenvalue weighted by Gasteiger charge is 2.23. The summed E-state index contributed by atoms with van der Waals surface area (Å²) in [6.07, 6.45) is 8.27. The van der Waals surface area contributed by atoms with E-state index in [0.29, 0.717) is 12.5 Å². The number of hydrogen-bond acceptors (Lipinski definition) is 1. The first-order chi connectivity index (χ1) is 6.27. The maximum Gasteiger partial charge on any atom is 0.0459 e. The van der Waals surface area contributed by atoms with E-state index in [0.717, 1.165) is 11.8 Å². The van der Waals surface area contributed by atoms with Crippen molar-refractivity contribution >= 4 is 0 Å². The van der Waals surface area contributed by atoms with Crippen molar-refractivity contribution in [3.63, 3.8) is 0 Å². The van der Waals surface area contributed by atoms with Gasteiger partial charge in [-0.3, -0.25) is 0 Å². The molecule has 1 atom stereocenters. The summed E-state index contributed by atoms with van der Waals surface area (Å²) in [5.74, 6) is 2.33. The van der Waals surface area contributed by atoms with Crippen molar-refractivity contribution in [2.45, 2.75) is 52.4 Å². The SMILES string of the molecule is CCCC1CCC(C(C)CO)CC1. The summed E-state index contributed by atoms with van der Waals surface area (Å²) in [7, 11) is 0. The molecule has 0 heterocycles. The van der Waals surface area contributed by atoms with Crippen molar-refractivity contribution in [1.29, 1.82) is 0 Å². The minimum absolute atomic E-state index is 0.378. The molecule has 0 aromatic carbocycles. The largest absolute Gasteiger partial charge is 0.396 e. The highest BCUT2D eigenvalue weighted by Crippen LogP contribution is 2.35. The van der Waals surface area contributed by atoms with Crippen LogP contribution in [0.5, 0.6) is 0 Å². The summed E-state index contributed by atoms with van der Waals surface area (Å²) in [4.78, 5) is 0. The van der Waals surface area contributed by atoms with Gasteiger partial charge in [-0.05, 0) is 30.6 Å². The zero-order valence-corrected chi connectivity index (χ0v) is 9.13. The molecular weight excluding hydrogens is 160 g/mol. The van der Waals surface area contributed by atoms with Crippen LogP contribution in [0.15, 0.2) is 0 Å². The third-order valence-corrected chi connectivity index (χ3v) is 3.68. The quantitative estimate of drug-likeness (QED) is 0.711. The molecule has 0 saturated heterocycles. The molecule has 1 nitrogen and oxygen atoms in total. The Labute approximate surface area is 82.5 Å². The van der Waals surface area contributed by atoms with Gasteiger partial charge in [-0.25, -0.2) is 0 Å². The summed E-state index contributed by atoms with van der Waals surface area (Å²) < 4.78 is 0. The zero-order valence-electron chi connectivity index (χ0n) is 9.13. The molecule has 0 spiro atoms. The van der Waals surface area contributed by atoms with Gasteiger partial charge in [0.15, 0.2) is 0 Å². The van der Waals surface area contributed by atoms with Crippen molar-refractivity contribution in [3.8, 4) is 0 Å². The third-order valence-electron chi connectivity index (χ3n) is 3.68. The Morgan fingerprint density at radius 2 is 1.85 bits per heavy atom. The van der Waals surface area contributed by atoms with E-state index in [1.165, 1.54) is 38.5 Å². The van der Waals surface area contributed by atoms with Crippen LogP contribution in [0.3, 0.4) is 0 Å². The number of rotatable bonds is 4. The van der Waals surface area contributed by atoms with Crippen LogP contribution in [-0.2, 0) is 0 Å². The first-order valence-electron chi connectivity index (χ1n) is 5.88. The van der Waals surface area contributed by atoms with E-state index in [9.17, 15) is 0 Å². The van der Waals surface area contributed by atoms with E-state index in [2.05, 4.69) is 13.8 Å². The standard InChI is InChI=1S/C12H24O/c1-3-4-11-5-7-12(8-6-11)10(2)9-13/h10-13H,3-9H2,1-2H3. The fraction of sp³-hybridized carbons (Fsp3) is 1.00. The summed E-state index contributed by atoms with van der Waals surface area (Å²) >= 11 is 0. The molecule has 0 bridgehead atoms. The highest BCUT2D eigenvalue weighted by molar-refractivity contribution is 4.75. The van der Waals surface area contributed by atoms with Gasteiger partial charge in [0.1, 0.15) is 0 Å². The Hall–Kier alpha value is -0.0400. The van der Waals surface area contributed by atoms with Gasteiger partial charge in [0.05, 0.1) is 0 Å². The Kier molecular flexibility index (Phi) is 4.79. The molecular formula is C12H24O. The lowest BCUT2D eigenvalue weighted by molar-refractivity contribution is 0.141. The average molecular weight is 184 g/mol. The van der Waals surface area contributed by atoms with Gasteiger partial charge >= 0.3 is 0 Å². The van der Waals surface area contributed by atoms with Gasteiger partial charge in [-0.1, -0.05) is 39.5 Å². The smallest absolute Gasteiger partial charge is 0.0459 e. The second-order valence-electron chi connectivity index (χ2n) is 4.73. The Morgan fingerprint density at radius 3 is 2.31 bits per heavy atom. The molecule has 1 fully saturated rings. The molecule has 13 heavy (non-hydrogen) atoms. The van der Waals surface area contributed by atoms with Crippen LogP contribution in [0.25, 0.3) is 0 Å². The Morgan fingerprint density at radius 1 is 1.23 bits per heavy atom. The number of aliphatic hydroxyl groups excluding tert-OH is 1. The van der Waals surface area contributed by atoms with Crippen molar-refractivity contribution in [1.82, 2.24) is 0 Å². The molecule has 0 amide bonds. The maximum absolute atomic E-state index is 9.06. The molecule has 78 valence electrons. The number of aliphatic hydroxyl groups is 1. The third kappa shape index (κ3) is 3.30. The molecule has 0 aromatic rings. The van der Waals surface area contributed by atoms with Gasteiger partial charge in [-0.2, -0.15) is 0 Å². The predicted molar refractivity (Wildman–Crippen MR) is 56.6 cm³/mol. The van der Waals surface area contributed by atoms with Crippen LogP contribution < -0.4 is 0 Å². The van der Waals surface area contributed by atoms with Crippen molar-refractivity contribution in [3.05, 3.63) is 0 Å². The van der Waals surface area contributed by atoms with Crippen LogP contribution in [-0.4, -0.2) is 11.7 Å². The van der Waals surface area contributed by atoms with Gasteiger partial charge in [0.25, 0.3) is 0 Å². The molecule has 1 aliphatic carbocycles. The van der Waals surface area contributed by atoms with E-state index in [-0.39, 0.29) is 0 Å². The van der Waals surface area contributed by atoms with Crippen molar-refractivity contribution in [2.24, 2.45) is 17.8 Å². The van der Waals surface area contributed by atoms with E-state index in [1.807, 2.05) is 0 Å². The lowest BCUT2D eigenvalue weighted by Gasteiger charge is -2.31. The molecule has 0 aliphatic heterocycles. The lowest BCUT2D eigenvalue weighted by atomic mass is 9.75. The molecule has 1 unspecified atom stereocenters. The monoisotopic (exact) mass is 184 g/mol.